The third-order valence-electron chi connectivity index (χ3n) is 8.29. The van der Waals surface area contributed by atoms with Crippen LogP contribution in [0, 0.1) is 5.92 Å². The van der Waals surface area contributed by atoms with Crippen molar-refractivity contribution in [1.82, 2.24) is 19.8 Å². The summed E-state index contributed by atoms with van der Waals surface area (Å²) in [5.41, 5.74) is 3.02. The van der Waals surface area contributed by atoms with Crippen LogP contribution in [0.5, 0.6) is 0 Å². The maximum absolute atomic E-state index is 13.9. The highest BCUT2D eigenvalue weighted by molar-refractivity contribution is 7.80. The molecule has 14 heteroatoms. The van der Waals surface area contributed by atoms with E-state index in [0.717, 1.165) is 48.7 Å². The van der Waals surface area contributed by atoms with Gasteiger partial charge in [-0.1, -0.05) is 50.1 Å². The lowest BCUT2D eigenvalue weighted by atomic mass is 9.84. The zero-order valence-electron chi connectivity index (χ0n) is 26.1. The number of halogens is 4. The van der Waals surface area contributed by atoms with E-state index in [2.05, 4.69) is 24.5 Å². The van der Waals surface area contributed by atoms with Crippen molar-refractivity contribution in [1.29, 1.82) is 0 Å². The van der Waals surface area contributed by atoms with Gasteiger partial charge in [-0.05, 0) is 55.2 Å². The van der Waals surface area contributed by atoms with E-state index in [4.69, 9.17) is 39.1 Å². The van der Waals surface area contributed by atoms with Crippen molar-refractivity contribution in [2.75, 3.05) is 25.0 Å². The summed E-state index contributed by atoms with van der Waals surface area (Å²) in [6.07, 6.45) is -0.929. The van der Waals surface area contributed by atoms with Crippen molar-refractivity contribution in [2.45, 2.75) is 69.5 Å². The Bertz CT molecular complexity index is 1580. The Morgan fingerprint density at radius 1 is 1.11 bits per heavy atom. The number of para-hydroxylation sites is 1. The van der Waals surface area contributed by atoms with Gasteiger partial charge in [0.05, 0.1) is 16.9 Å². The van der Waals surface area contributed by atoms with Gasteiger partial charge in [-0.25, -0.2) is 9.78 Å². The second-order valence-corrected chi connectivity index (χ2v) is 12.8. The Kier molecular flexibility index (Phi) is 12.4. The lowest BCUT2D eigenvalue weighted by molar-refractivity contribution is -0.192. The summed E-state index contributed by atoms with van der Waals surface area (Å²) in [6.45, 7) is 6.11. The SMILES string of the molecule is CC(C)[C@H](CNCCC(=O)N1CCc2nc(C3CCC3)n(-c3ccccc3)c(=O)c2C1S)Nc1ccc(Cl)cc1.O=C(O)C(F)(F)F. The van der Waals surface area contributed by atoms with Crippen molar-refractivity contribution >= 4 is 41.8 Å². The van der Waals surface area contributed by atoms with Crippen LogP contribution in [-0.2, 0) is 16.0 Å². The van der Waals surface area contributed by atoms with Gasteiger partial charge >= 0.3 is 12.1 Å². The van der Waals surface area contributed by atoms with Gasteiger partial charge in [-0.15, -0.1) is 12.6 Å². The predicted molar refractivity (Wildman–Crippen MR) is 178 cm³/mol. The number of aromatic nitrogens is 2. The number of carboxylic acids is 1. The molecule has 5 rings (SSSR count). The van der Waals surface area contributed by atoms with Crippen LogP contribution in [0.4, 0.5) is 18.9 Å². The molecule has 254 valence electrons. The molecule has 2 atom stereocenters. The minimum absolute atomic E-state index is 0.0152. The minimum atomic E-state index is -5.08. The molecule has 47 heavy (non-hydrogen) atoms. The van der Waals surface area contributed by atoms with Crippen molar-refractivity contribution in [3.8, 4) is 5.69 Å². The number of alkyl halides is 3. The molecule has 1 fully saturated rings. The monoisotopic (exact) mass is 693 g/mol. The number of aliphatic carboxylic acids is 1. The average molecular weight is 694 g/mol. The highest BCUT2D eigenvalue weighted by atomic mass is 35.5. The molecule has 1 saturated carbocycles. The van der Waals surface area contributed by atoms with Crippen LogP contribution in [0.1, 0.15) is 67.9 Å². The summed E-state index contributed by atoms with van der Waals surface area (Å²) in [7, 11) is 0. The van der Waals surface area contributed by atoms with E-state index in [1.807, 2.05) is 54.6 Å². The number of nitrogens with one attached hydrogen (secondary N) is 2. The Balaban J connectivity index is 0.000000644. The number of thiol groups is 1. The van der Waals surface area contributed by atoms with Gasteiger partial charge in [-0.3, -0.25) is 14.2 Å². The number of fused-ring (bicyclic) bond motifs is 1. The normalized spacial score (nSPS) is 16.9. The highest BCUT2D eigenvalue weighted by Crippen LogP contribution is 2.38. The maximum Gasteiger partial charge on any atom is 0.490 e. The topological polar surface area (TPSA) is 117 Å². The zero-order valence-corrected chi connectivity index (χ0v) is 27.8. The number of nitrogens with zero attached hydrogens (tertiary/aromatic N) is 3. The molecule has 3 aromatic rings. The number of hydrogen-bond acceptors (Lipinski definition) is 7. The summed E-state index contributed by atoms with van der Waals surface area (Å²) in [4.78, 5) is 42.9. The molecular weight excluding hydrogens is 655 g/mol. The van der Waals surface area contributed by atoms with Gasteiger partial charge in [0.15, 0.2) is 0 Å². The number of benzene rings is 2. The number of carboxylic acid groups (broad SMARTS) is 1. The van der Waals surface area contributed by atoms with Crippen LogP contribution < -0.4 is 16.2 Å². The predicted octanol–water partition coefficient (Wildman–Crippen LogP) is 6.22. The summed E-state index contributed by atoms with van der Waals surface area (Å²) in [6, 6.07) is 17.6. The number of carbonyl (C=O) groups is 2. The highest BCUT2D eigenvalue weighted by Gasteiger charge is 2.38. The molecule has 2 aliphatic rings. The van der Waals surface area contributed by atoms with Gasteiger partial charge in [0, 0.05) is 55.1 Å². The number of carbonyl (C=O) groups excluding carboxylic acids is 1. The number of hydrogen-bond donors (Lipinski definition) is 4. The standard InChI is InChI=1S/C31H38ClN5O2S.C2HF3O2/c1-20(2)26(34-23-13-11-22(32)12-14-23)19-33-17-15-27(38)36-18-16-25-28(31(36)40)30(39)37(24-9-4-3-5-10-24)29(35-25)21-7-6-8-21;3-2(4,5)1(6)7/h3-5,9-14,20-21,26,31,33-34,40H,6-8,15-19H2,1-2H3;(H,6,7)/t26-,31?;/m0./s1. The second-order valence-electron chi connectivity index (χ2n) is 11.9. The molecule has 1 aliphatic heterocycles. The molecule has 1 unspecified atom stereocenters. The molecule has 3 N–H and O–H groups in total. The molecule has 2 aromatic carbocycles. The number of rotatable bonds is 10. The first-order valence-corrected chi connectivity index (χ1v) is 16.4. The van der Waals surface area contributed by atoms with Crippen molar-refractivity contribution in [2.24, 2.45) is 5.92 Å². The molecule has 0 spiro atoms. The summed E-state index contributed by atoms with van der Waals surface area (Å²) >= 11 is 10.8. The Labute approximate surface area is 281 Å². The van der Waals surface area contributed by atoms with Crippen LogP contribution in [0.15, 0.2) is 59.4 Å². The average Bonchev–Trinajstić information content (AvgIpc) is 2.99. The minimum Gasteiger partial charge on any atom is -0.475 e. The number of anilines is 1. The van der Waals surface area contributed by atoms with E-state index < -0.39 is 17.5 Å². The van der Waals surface area contributed by atoms with E-state index in [0.29, 0.717) is 48.4 Å². The van der Waals surface area contributed by atoms with Crippen LogP contribution in [0.3, 0.4) is 0 Å². The molecule has 1 aromatic heterocycles. The maximum atomic E-state index is 13.9. The first-order valence-electron chi connectivity index (χ1n) is 15.5. The molecular formula is C33H39ClF3N5O4S. The lowest BCUT2D eigenvalue weighted by Gasteiger charge is -2.36. The third kappa shape index (κ3) is 9.29. The summed E-state index contributed by atoms with van der Waals surface area (Å²) in [5.74, 6) is -1.24. The molecule has 1 amide bonds. The largest absolute Gasteiger partial charge is 0.490 e. The van der Waals surface area contributed by atoms with Crippen molar-refractivity contribution in [3.63, 3.8) is 0 Å². The fourth-order valence-corrected chi connectivity index (χ4v) is 6.02. The Hall–Kier alpha value is -3.55. The van der Waals surface area contributed by atoms with E-state index in [1.165, 1.54) is 0 Å². The van der Waals surface area contributed by atoms with Gasteiger partial charge in [0.2, 0.25) is 5.91 Å². The first-order chi connectivity index (χ1) is 22.3. The fourth-order valence-electron chi connectivity index (χ4n) is 5.39. The Morgan fingerprint density at radius 2 is 1.74 bits per heavy atom. The smallest absolute Gasteiger partial charge is 0.475 e. The molecule has 1 aliphatic carbocycles. The van der Waals surface area contributed by atoms with Crippen LogP contribution in [0.25, 0.3) is 5.69 Å². The summed E-state index contributed by atoms with van der Waals surface area (Å²) < 4.78 is 33.5. The molecule has 0 saturated heterocycles. The van der Waals surface area contributed by atoms with Gasteiger partial charge in [-0.2, -0.15) is 13.2 Å². The van der Waals surface area contributed by atoms with Gasteiger partial charge in [0.1, 0.15) is 11.2 Å². The molecule has 2 heterocycles. The van der Waals surface area contributed by atoms with Crippen molar-refractivity contribution < 1.29 is 27.9 Å². The van der Waals surface area contributed by atoms with E-state index in [1.54, 1.807) is 9.47 Å². The fraction of sp³-hybridized carbons (Fsp3) is 0.455. The molecule has 0 radical (unpaired) electrons. The second kappa shape index (κ2) is 16.0. The lowest BCUT2D eigenvalue weighted by Crippen LogP contribution is -2.44. The third-order valence-corrected chi connectivity index (χ3v) is 9.08. The van der Waals surface area contributed by atoms with Crippen LogP contribution in [0.2, 0.25) is 5.02 Å². The van der Waals surface area contributed by atoms with Gasteiger partial charge in [0.25, 0.3) is 5.56 Å². The van der Waals surface area contributed by atoms with E-state index in [-0.39, 0.29) is 17.5 Å². The van der Waals surface area contributed by atoms with Crippen LogP contribution in [-0.4, -0.2) is 63.3 Å². The Morgan fingerprint density at radius 3 is 2.30 bits per heavy atom. The molecule has 0 bridgehead atoms. The van der Waals surface area contributed by atoms with Crippen LogP contribution >= 0.6 is 24.2 Å². The van der Waals surface area contributed by atoms with Crippen molar-refractivity contribution in [3.05, 3.63) is 87.1 Å². The summed E-state index contributed by atoms with van der Waals surface area (Å²) in [5, 5.41) is 14.2. The van der Waals surface area contributed by atoms with E-state index in [9.17, 15) is 22.8 Å². The van der Waals surface area contributed by atoms with E-state index >= 15 is 0 Å². The van der Waals surface area contributed by atoms with Gasteiger partial charge < -0.3 is 20.6 Å². The first kappa shape index (κ1) is 36.3. The molecule has 9 nitrogen and oxygen atoms in total. The zero-order chi connectivity index (χ0) is 34.3. The number of amides is 1. The quantitative estimate of drug-likeness (QED) is 0.147.